The number of rotatable bonds is 9. The van der Waals surface area contributed by atoms with Crippen molar-refractivity contribution in [2.24, 2.45) is 0 Å². The molecule has 3 unspecified atom stereocenters. The molecule has 4 aliphatic carbocycles. The summed E-state index contributed by atoms with van der Waals surface area (Å²) >= 11 is 0. The number of allylic oxidation sites excluding steroid dienone is 13. The number of hydrogen-bond acceptors (Lipinski definition) is 4. The molecule has 310 valence electrons. The van der Waals surface area contributed by atoms with Gasteiger partial charge in [-0.15, -0.1) is 0 Å². The van der Waals surface area contributed by atoms with E-state index in [-0.39, 0.29) is 12.0 Å². The Bertz CT molecular complexity index is 2980. The highest BCUT2D eigenvalue weighted by atomic mass is 15.2. The topological polar surface area (TPSA) is 13.0 Å². The molecule has 4 nitrogen and oxygen atoms in total. The van der Waals surface area contributed by atoms with Gasteiger partial charge in [-0.1, -0.05) is 134 Å². The zero-order chi connectivity index (χ0) is 42.4. The molecule has 64 heavy (non-hydrogen) atoms. The van der Waals surface area contributed by atoms with Gasteiger partial charge in [0, 0.05) is 80.9 Å². The van der Waals surface area contributed by atoms with Crippen LogP contribution >= 0.6 is 0 Å². The monoisotopic (exact) mass is 826 g/mol. The summed E-state index contributed by atoms with van der Waals surface area (Å²) < 4.78 is 0. The van der Waals surface area contributed by atoms with E-state index in [4.69, 9.17) is 0 Å². The van der Waals surface area contributed by atoms with Crippen molar-refractivity contribution in [2.45, 2.75) is 50.0 Å². The van der Waals surface area contributed by atoms with Crippen molar-refractivity contribution in [2.75, 3.05) is 19.6 Å². The molecule has 0 N–H and O–H groups in total. The zero-order valence-corrected chi connectivity index (χ0v) is 35.9. The van der Waals surface area contributed by atoms with Crippen LogP contribution in [0.15, 0.2) is 253 Å². The van der Waals surface area contributed by atoms with E-state index >= 15 is 0 Å². The van der Waals surface area contributed by atoms with Crippen LogP contribution in [-0.4, -0.2) is 6.04 Å². The minimum Gasteiger partial charge on any atom is -0.333 e. The molecule has 0 bridgehead atoms. The molecule has 0 aromatic heterocycles. The highest BCUT2D eigenvalue weighted by molar-refractivity contribution is 5.80. The quantitative estimate of drug-likeness (QED) is 0.144. The summed E-state index contributed by atoms with van der Waals surface area (Å²) in [5, 5.41) is 0. The minimum absolute atomic E-state index is 0.215. The van der Waals surface area contributed by atoms with Crippen LogP contribution in [0.25, 0.3) is 5.57 Å². The molecule has 0 spiro atoms. The van der Waals surface area contributed by atoms with E-state index in [0.717, 1.165) is 43.5 Å². The van der Waals surface area contributed by atoms with Crippen LogP contribution in [0.1, 0.15) is 60.6 Å². The van der Waals surface area contributed by atoms with Gasteiger partial charge in [0.05, 0.1) is 6.04 Å². The fraction of sp³-hybridized carbons (Fsp3) is 0.133. The average molecular weight is 827 g/mol. The van der Waals surface area contributed by atoms with Crippen molar-refractivity contribution in [3.05, 3.63) is 270 Å². The summed E-state index contributed by atoms with van der Waals surface area (Å²) in [4.78, 5) is 9.98. The van der Waals surface area contributed by atoms with E-state index in [1.165, 1.54) is 73.5 Å². The number of nitrogens with zero attached hydrogens (tertiary/aromatic N) is 4. The van der Waals surface area contributed by atoms with Gasteiger partial charge in [-0.2, -0.15) is 0 Å². The largest absolute Gasteiger partial charge is 0.333 e. The van der Waals surface area contributed by atoms with Crippen molar-refractivity contribution in [3.63, 3.8) is 0 Å². The highest BCUT2D eigenvalue weighted by Crippen LogP contribution is 2.53. The van der Waals surface area contributed by atoms with Crippen LogP contribution in [0, 0.1) is 0 Å². The second-order valence-corrected chi connectivity index (χ2v) is 17.5. The lowest BCUT2D eigenvalue weighted by molar-refractivity contribution is 0.736. The van der Waals surface area contributed by atoms with Gasteiger partial charge >= 0.3 is 0 Å². The minimum atomic E-state index is 0.215. The van der Waals surface area contributed by atoms with E-state index < -0.39 is 0 Å². The van der Waals surface area contributed by atoms with E-state index in [0.29, 0.717) is 5.92 Å². The fourth-order valence-corrected chi connectivity index (χ4v) is 10.9. The van der Waals surface area contributed by atoms with Gasteiger partial charge < -0.3 is 19.6 Å². The van der Waals surface area contributed by atoms with Crippen LogP contribution in [0.5, 0.6) is 0 Å². The SMILES string of the molecule is C1=CCCC(N2C3=CC=C(N(C4=CC=C(c5ccc(N(C6=CC7c8ccccc8N(c8ccccc8)C7C=C6)c6ccccc6)cc5)CC4)c4ccccc4)CC3c3ccccc32)=C1. The number of fused-ring (bicyclic) bond motifs is 6. The molecule has 4 heteroatoms. The van der Waals surface area contributed by atoms with Crippen LogP contribution < -0.4 is 19.6 Å². The van der Waals surface area contributed by atoms with Crippen molar-refractivity contribution in [1.29, 1.82) is 0 Å². The molecule has 6 aromatic carbocycles. The van der Waals surface area contributed by atoms with Crippen molar-refractivity contribution >= 4 is 39.7 Å². The molecule has 2 heterocycles. The van der Waals surface area contributed by atoms with Gasteiger partial charge in [0.15, 0.2) is 0 Å². The molecule has 0 amide bonds. The Kier molecular flexibility index (Phi) is 9.71. The molecule has 0 fully saturated rings. The van der Waals surface area contributed by atoms with Crippen LogP contribution in [0.4, 0.5) is 34.1 Å². The average Bonchev–Trinajstić information content (AvgIpc) is 3.88. The molecular weight excluding hydrogens is 777 g/mol. The van der Waals surface area contributed by atoms with Gasteiger partial charge in [-0.3, -0.25) is 0 Å². The number of benzene rings is 6. The normalized spacial score (nSPS) is 20.4. The summed E-state index contributed by atoms with van der Waals surface area (Å²) in [5.74, 6) is 0.548. The Morgan fingerprint density at radius 1 is 0.516 bits per heavy atom. The maximum Gasteiger partial charge on any atom is 0.0631 e. The molecule has 12 rings (SSSR count). The second kappa shape index (κ2) is 16.3. The fourth-order valence-electron chi connectivity index (χ4n) is 10.9. The van der Waals surface area contributed by atoms with Gasteiger partial charge in [0.2, 0.25) is 0 Å². The summed E-state index contributed by atoms with van der Waals surface area (Å²) in [6.45, 7) is 0. The summed E-state index contributed by atoms with van der Waals surface area (Å²) in [6, 6.07) is 60.0. The Labute approximate surface area is 377 Å². The number of para-hydroxylation sites is 5. The van der Waals surface area contributed by atoms with E-state index in [2.05, 4.69) is 244 Å². The standard InChI is InChI=1S/C60H50N4/c1-5-17-45(18-6-1)61(51-37-39-59-55(41-51)53-25-13-15-27-57(53)63(59)47-21-9-3-10-22-47)49-33-29-43(30-34-49)44-31-35-50(36-32-44)62(46-19-7-2-8-20-46)52-38-40-60-56(42-52)54-26-14-16-28-58(54)64(60)48-23-11-4-12-24-48/h1-11,13-23,25-31,33-35,37-41,55-56,59H,12,24,32,36,42H2. The number of anilines is 6. The molecular formula is C60H50N4. The lowest BCUT2D eigenvalue weighted by Gasteiger charge is -2.35. The van der Waals surface area contributed by atoms with Crippen molar-refractivity contribution in [3.8, 4) is 0 Å². The van der Waals surface area contributed by atoms with Crippen LogP contribution in [0.3, 0.4) is 0 Å². The Morgan fingerprint density at radius 2 is 1.17 bits per heavy atom. The first kappa shape index (κ1) is 38.1. The first-order chi connectivity index (χ1) is 31.8. The lowest BCUT2D eigenvalue weighted by atomic mass is 9.88. The summed E-state index contributed by atoms with van der Waals surface area (Å²) in [7, 11) is 0. The molecule has 6 aliphatic rings. The van der Waals surface area contributed by atoms with E-state index in [9.17, 15) is 0 Å². The zero-order valence-electron chi connectivity index (χ0n) is 35.9. The lowest BCUT2D eigenvalue weighted by Crippen LogP contribution is -2.30. The molecule has 2 aliphatic heterocycles. The van der Waals surface area contributed by atoms with Gasteiger partial charge in [-0.05, 0) is 139 Å². The van der Waals surface area contributed by atoms with Gasteiger partial charge in [-0.25, -0.2) is 0 Å². The maximum atomic E-state index is 2.54. The molecule has 3 atom stereocenters. The first-order valence-corrected chi connectivity index (χ1v) is 23.0. The van der Waals surface area contributed by atoms with E-state index in [1.54, 1.807) is 0 Å². The highest BCUT2D eigenvalue weighted by Gasteiger charge is 2.40. The van der Waals surface area contributed by atoms with Crippen molar-refractivity contribution < 1.29 is 0 Å². The molecule has 0 saturated carbocycles. The Morgan fingerprint density at radius 3 is 1.89 bits per heavy atom. The second-order valence-electron chi connectivity index (χ2n) is 17.5. The maximum absolute atomic E-state index is 2.54. The Balaban J connectivity index is 0.845. The van der Waals surface area contributed by atoms with Crippen LogP contribution in [-0.2, 0) is 0 Å². The Hall–Kier alpha value is -7.56. The number of hydrogen-bond donors (Lipinski definition) is 0. The third-order valence-corrected chi connectivity index (χ3v) is 13.9. The molecule has 0 saturated heterocycles. The predicted molar refractivity (Wildman–Crippen MR) is 267 cm³/mol. The van der Waals surface area contributed by atoms with Crippen molar-refractivity contribution in [1.82, 2.24) is 0 Å². The van der Waals surface area contributed by atoms with Crippen LogP contribution in [0.2, 0.25) is 0 Å². The summed E-state index contributed by atoms with van der Waals surface area (Å²) in [6.07, 6.45) is 28.6. The predicted octanol–water partition coefficient (Wildman–Crippen LogP) is 15.2. The van der Waals surface area contributed by atoms with Gasteiger partial charge in [0.1, 0.15) is 0 Å². The third kappa shape index (κ3) is 6.69. The summed E-state index contributed by atoms with van der Waals surface area (Å²) in [5.41, 5.74) is 19.4. The van der Waals surface area contributed by atoms with E-state index in [1.807, 2.05) is 0 Å². The third-order valence-electron chi connectivity index (χ3n) is 13.9. The first-order valence-electron chi connectivity index (χ1n) is 23.0. The smallest absolute Gasteiger partial charge is 0.0631 e. The van der Waals surface area contributed by atoms with Gasteiger partial charge in [0.25, 0.3) is 0 Å². The molecule has 0 radical (unpaired) electrons. The molecule has 6 aromatic rings.